The van der Waals surface area contributed by atoms with Crippen molar-refractivity contribution in [1.82, 2.24) is 5.06 Å². The number of ether oxygens (including phenoxy) is 10. The number of amides is 2. The van der Waals surface area contributed by atoms with Gasteiger partial charge in [0, 0.05) is 49.8 Å². The van der Waals surface area contributed by atoms with Gasteiger partial charge in [-0.2, -0.15) is 0 Å². The zero-order valence-electron chi connectivity index (χ0n) is 24.3. The van der Waals surface area contributed by atoms with Crippen LogP contribution >= 0.6 is 0 Å². The minimum Gasteiger partial charge on any atom is -0.382 e. The lowest BCUT2D eigenvalue weighted by molar-refractivity contribution is -0.338. The maximum atomic E-state index is 12.9. The molecule has 1 aromatic rings. The number of nitrogens with zero attached hydrogens (tertiary/aromatic N) is 1. The van der Waals surface area contributed by atoms with Gasteiger partial charge in [0.1, 0.15) is 55.4 Å². The first-order chi connectivity index (χ1) is 19.9. The average molecular weight is 586 g/mol. The van der Waals surface area contributed by atoms with E-state index in [1.165, 1.54) is 28.4 Å². The van der Waals surface area contributed by atoms with Gasteiger partial charge in [0.05, 0.1) is 17.7 Å². The van der Waals surface area contributed by atoms with E-state index in [1.807, 2.05) is 0 Å². The number of hydrogen-bond acceptors (Lipinski definition) is 13. The highest BCUT2D eigenvalue weighted by Gasteiger charge is 2.55. The molecule has 0 aliphatic carbocycles. The van der Waals surface area contributed by atoms with Crippen LogP contribution in [0.15, 0.2) is 24.3 Å². The molecule has 2 fully saturated rings. The van der Waals surface area contributed by atoms with Crippen molar-refractivity contribution in [2.45, 2.75) is 61.4 Å². The first kappa shape index (κ1) is 31.8. The molecule has 2 amide bonds. The predicted octanol–water partition coefficient (Wildman–Crippen LogP) is 0.417. The molecular weight excluding hydrogens is 546 g/mol. The van der Waals surface area contributed by atoms with E-state index in [4.69, 9.17) is 52.2 Å². The normalized spacial score (nSPS) is 34.3. The summed E-state index contributed by atoms with van der Waals surface area (Å²) in [6.07, 6.45) is -7.39. The van der Waals surface area contributed by atoms with Crippen molar-refractivity contribution < 1.29 is 61.8 Å². The number of methoxy groups -OCH3 is 7. The molecule has 3 aliphatic heterocycles. The Bertz CT molecular complexity index is 992. The SMILES string of the molecule is COC[C@@H](OC)[C@H]1O[C@H](O[C@H]2[C@H](OC)[C@@H](OC)[C@@H](OC)O[C@@H]2CON2C(=O)c3ccccc3C2=O)[C@@H](OC)[C@H]1OC. The van der Waals surface area contributed by atoms with Gasteiger partial charge in [0.15, 0.2) is 12.6 Å². The molecule has 0 unspecified atom stereocenters. The number of carbonyl (C=O) groups is 2. The highest BCUT2D eigenvalue weighted by molar-refractivity contribution is 6.20. The quantitative estimate of drug-likeness (QED) is 0.279. The Labute approximate surface area is 238 Å². The second-order valence-corrected chi connectivity index (χ2v) is 9.63. The third kappa shape index (κ3) is 6.19. The molecule has 1 aromatic carbocycles. The van der Waals surface area contributed by atoms with Crippen LogP contribution in [0.2, 0.25) is 0 Å². The van der Waals surface area contributed by atoms with Crippen molar-refractivity contribution in [3.05, 3.63) is 35.4 Å². The fraction of sp³-hybridized carbons (Fsp3) is 0.704. The summed E-state index contributed by atoms with van der Waals surface area (Å²) in [5, 5.41) is 0.714. The van der Waals surface area contributed by atoms with Gasteiger partial charge < -0.3 is 47.4 Å². The molecule has 0 aromatic heterocycles. The van der Waals surface area contributed by atoms with Crippen LogP contribution in [-0.4, -0.2) is 141 Å². The Morgan fingerprint density at radius 3 is 1.83 bits per heavy atom. The van der Waals surface area contributed by atoms with E-state index < -0.39 is 73.2 Å². The molecule has 0 saturated carbocycles. The Balaban J connectivity index is 1.58. The van der Waals surface area contributed by atoms with Crippen LogP contribution < -0.4 is 0 Å². The largest absolute Gasteiger partial charge is 0.382 e. The number of hydrogen-bond donors (Lipinski definition) is 0. The number of rotatable bonds is 14. The summed E-state index contributed by atoms with van der Waals surface area (Å²) in [7, 11) is 10.6. The van der Waals surface area contributed by atoms with E-state index in [0.29, 0.717) is 5.06 Å². The van der Waals surface area contributed by atoms with Crippen molar-refractivity contribution in [2.24, 2.45) is 0 Å². The van der Waals surface area contributed by atoms with Crippen LogP contribution in [0.5, 0.6) is 0 Å². The van der Waals surface area contributed by atoms with Gasteiger partial charge in [0.2, 0.25) is 0 Å². The van der Waals surface area contributed by atoms with Crippen LogP contribution in [0.1, 0.15) is 20.7 Å². The summed E-state index contributed by atoms with van der Waals surface area (Å²) in [6.45, 7) is -0.0202. The molecule has 41 heavy (non-hydrogen) atoms. The smallest absolute Gasteiger partial charge is 0.285 e. The van der Waals surface area contributed by atoms with Crippen molar-refractivity contribution >= 4 is 11.8 Å². The summed E-state index contributed by atoms with van der Waals surface area (Å²) in [5.74, 6) is -1.15. The highest BCUT2D eigenvalue weighted by Crippen LogP contribution is 2.35. The molecule has 0 radical (unpaired) electrons. The van der Waals surface area contributed by atoms with E-state index in [1.54, 1.807) is 45.6 Å². The van der Waals surface area contributed by atoms with Gasteiger partial charge in [-0.25, -0.2) is 0 Å². The van der Waals surface area contributed by atoms with E-state index in [-0.39, 0.29) is 24.3 Å². The molecule has 0 spiro atoms. The van der Waals surface area contributed by atoms with Crippen molar-refractivity contribution in [3.63, 3.8) is 0 Å². The van der Waals surface area contributed by atoms with Gasteiger partial charge in [-0.3, -0.25) is 14.4 Å². The lowest BCUT2D eigenvalue weighted by Gasteiger charge is -2.45. The van der Waals surface area contributed by atoms with Crippen LogP contribution in [-0.2, 0) is 52.2 Å². The van der Waals surface area contributed by atoms with E-state index in [2.05, 4.69) is 0 Å². The number of benzene rings is 1. The third-order valence-corrected chi connectivity index (χ3v) is 7.54. The molecule has 2 saturated heterocycles. The Kier molecular flexibility index (Phi) is 11.2. The predicted molar refractivity (Wildman–Crippen MR) is 138 cm³/mol. The van der Waals surface area contributed by atoms with Crippen molar-refractivity contribution in [2.75, 3.05) is 63.0 Å². The molecular formula is C27H39NO13. The zero-order valence-corrected chi connectivity index (χ0v) is 24.3. The van der Waals surface area contributed by atoms with Gasteiger partial charge in [0.25, 0.3) is 11.8 Å². The maximum Gasteiger partial charge on any atom is 0.285 e. The first-order valence-electron chi connectivity index (χ1n) is 13.1. The number of carbonyl (C=O) groups excluding carboxylic acids is 2. The van der Waals surface area contributed by atoms with Crippen LogP contribution in [0.4, 0.5) is 0 Å². The molecule has 0 bridgehead atoms. The van der Waals surface area contributed by atoms with Gasteiger partial charge in [-0.05, 0) is 12.1 Å². The second kappa shape index (κ2) is 14.4. The number of imide groups is 1. The molecule has 0 N–H and O–H groups in total. The van der Waals surface area contributed by atoms with Gasteiger partial charge in [-0.15, -0.1) is 5.06 Å². The molecule has 14 nitrogen and oxygen atoms in total. The van der Waals surface area contributed by atoms with Crippen LogP contribution in [0, 0.1) is 0 Å². The highest BCUT2D eigenvalue weighted by atomic mass is 16.8. The van der Waals surface area contributed by atoms with Gasteiger partial charge in [-0.1, -0.05) is 12.1 Å². The summed E-state index contributed by atoms with van der Waals surface area (Å²) in [6, 6.07) is 6.48. The minimum absolute atomic E-state index is 0.245. The Hall–Kier alpha value is -2.08. The van der Waals surface area contributed by atoms with E-state index >= 15 is 0 Å². The number of hydroxylamine groups is 2. The Morgan fingerprint density at radius 2 is 1.32 bits per heavy atom. The lowest BCUT2D eigenvalue weighted by Crippen LogP contribution is -2.62. The van der Waals surface area contributed by atoms with Gasteiger partial charge >= 0.3 is 0 Å². The average Bonchev–Trinajstić information content (AvgIpc) is 3.47. The summed E-state index contributed by atoms with van der Waals surface area (Å²) in [4.78, 5) is 31.5. The standard InChI is InChI=1S/C27H39NO13/c1-31-12-16(32-2)18-20(33-3)23(36-6)27(40-18)41-19-17(39-26(37-7)22(35-5)21(19)34-4)13-38-28-24(29)14-10-8-9-11-15(14)25(28)30/h8-11,16-23,26-27H,12-13H2,1-7H3/t16-,17-,18-,19-,20+,21+,22-,23+,26+,27-/m1/s1. The lowest BCUT2D eigenvalue weighted by atomic mass is 9.98. The third-order valence-electron chi connectivity index (χ3n) is 7.54. The summed E-state index contributed by atoms with van der Waals surface area (Å²) >= 11 is 0. The van der Waals surface area contributed by atoms with Crippen molar-refractivity contribution in [1.29, 1.82) is 0 Å². The first-order valence-corrected chi connectivity index (χ1v) is 13.1. The Morgan fingerprint density at radius 1 is 0.732 bits per heavy atom. The molecule has 3 aliphatic rings. The summed E-state index contributed by atoms with van der Waals surface area (Å²) < 4.78 is 58.2. The van der Waals surface area contributed by atoms with Crippen LogP contribution in [0.3, 0.4) is 0 Å². The molecule has 10 atom stereocenters. The zero-order chi connectivity index (χ0) is 29.7. The van der Waals surface area contributed by atoms with Crippen molar-refractivity contribution in [3.8, 4) is 0 Å². The van der Waals surface area contributed by atoms with E-state index in [0.717, 1.165) is 0 Å². The number of fused-ring (bicyclic) bond motifs is 1. The fourth-order valence-corrected chi connectivity index (χ4v) is 5.51. The fourth-order valence-electron chi connectivity index (χ4n) is 5.51. The van der Waals surface area contributed by atoms with Crippen LogP contribution in [0.25, 0.3) is 0 Å². The van der Waals surface area contributed by atoms with E-state index in [9.17, 15) is 9.59 Å². The topological polar surface area (TPSA) is 139 Å². The second-order valence-electron chi connectivity index (χ2n) is 9.63. The molecule has 230 valence electrons. The molecule has 4 rings (SSSR count). The molecule has 3 heterocycles. The molecule has 14 heteroatoms. The minimum atomic E-state index is -0.964. The maximum absolute atomic E-state index is 12.9. The summed E-state index contributed by atoms with van der Waals surface area (Å²) in [5.41, 5.74) is 0.503. The monoisotopic (exact) mass is 585 g/mol.